The van der Waals surface area contributed by atoms with E-state index < -0.39 is 0 Å². The van der Waals surface area contributed by atoms with Crippen molar-refractivity contribution in [2.75, 3.05) is 0 Å². The van der Waals surface area contributed by atoms with Crippen LogP contribution in [0.3, 0.4) is 0 Å². The van der Waals surface area contributed by atoms with Crippen molar-refractivity contribution in [3.8, 4) is 0 Å². The third-order valence-electron chi connectivity index (χ3n) is 3.51. The van der Waals surface area contributed by atoms with E-state index in [4.69, 9.17) is 0 Å². The van der Waals surface area contributed by atoms with Crippen LogP contribution in [0.1, 0.15) is 13.3 Å². The minimum atomic E-state index is -0.0338. The van der Waals surface area contributed by atoms with E-state index in [1.165, 1.54) is 16.4 Å². The monoisotopic (exact) mass is 339 g/mol. The molecule has 0 atom stereocenters. The first kappa shape index (κ1) is 14.8. The van der Waals surface area contributed by atoms with E-state index in [9.17, 15) is 4.79 Å². The number of rotatable bonds is 4. The molecular weight excluding hydrogens is 326 g/mol. The van der Waals surface area contributed by atoms with Crippen molar-refractivity contribution < 1.29 is 0 Å². The second-order valence-electron chi connectivity index (χ2n) is 5.17. The molecule has 0 radical (unpaired) electrons. The second kappa shape index (κ2) is 6.00. The van der Waals surface area contributed by atoms with Crippen molar-refractivity contribution in [3.05, 3.63) is 46.8 Å². The average molecular weight is 339 g/mol. The number of hydrogen-bond acceptors (Lipinski definition) is 7. The first-order valence-electron chi connectivity index (χ1n) is 7.49. The molecule has 4 aromatic rings. The Bertz CT molecular complexity index is 1090. The van der Waals surface area contributed by atoms with Crippen molar-refractivity contribution in [2.45, 2.75) is 30.1 Å². The SMILES string of the molecule is CCCn1c(Sc2ccc3nnnn3n2)nc2ccccc2c1=O. The van der Waals surface area contributed by atoms with E-state index >= 15 is 0 Å². The molecule has 0 saturated carbocycles. The molecule has 3 heterocycles. The predicted octanol–water partition coefficient (Wildman–Crippen LogP) is 1.79. The molecule has 24 heavy (non-hydrogen) atoms. The Hall–Kier alpha value is -2.81. The molecule has 0 bridgehead atoms. The van der Waals surface area contributed by atoms with Gasteiger partial charge < -0.3 is 0 Å². The molecule has 9 heteroatoms. The Morgan fingerprint density at radius 1 is 1.17 bits per heavy atom. The topological polar surface area (TPSA) is 90.9 Å². The fourth-order valence-electron chi connectivity index (χ4n) is 2.43. The minimum absolute atomic E-state index is 0.0338. The highest BCUT2D eigenvalue weighted by molar-refractivity contribution is 7.99. The molecule has 0 spiro atoms. The molecule has 4 rings (SSSR count). The summed E-state index contributed by atoms with van der Waals surface area (Å²) < 4.78 is 3.05. The summed E-state index contributed by atoms with van der Waals surface area (Å²) in [4.78, 5) is 17.4. The van der Waals surface area contributed by atoms with Crippen LogP contribution in [0.15, 0.2) is 51.4 Å². The standard InChI is InChI=1S/C15H13N7OS/c1-2-9-21-14(23)10-5-3-4-6-11(10)16-15(21)24-13-8-7-12-17-19-20-22(12)18-13/h3-8H,2,9H2,1H3. The van der Waals surface area contributed by atoms with Crippen LogP contribution < -0.4 is 5.56 Å². The molecule has 1 aromatic carbocycles. The second-order valence-corrected chi connectivity index (χ2v) is 6.16. The maximum absolute atomic E-state index is 12.8. The van der Waals surface area contributed by atoms with Crippen molar-refractivity contribution in [2.24, 2.45) is 0 Å². The molecule has 0 aliphatic carbocycles. The molecule has 0 unspecified atom stereocenters. The maximum atomic E-state index is 12.8. The van der Waals surface area contributed by atoms with Crippen LogP contribution in [-0.2, 0) is 6.54 Å². The summed E-state index contributed by atoms with van der Waals surface area (Å²) in [6.45, 7) is 2.63. The van der Waals surface area contributed by atoms with Gasteiger partial charge in [-0.15, -0.1) is 14.8 Å². The van der Waals surface area contributed by atoms with Crippen molar-refractivity contribution in [3.63, 3.8) is 0 Å². The van der Waals surface area contributed by atoms with Gasteiger partial charge in [0.05, 0.1) is 10.9 Å². The third-order valence-corrected chi connectivity index (χ3v) is 4.44. The molecule has 3 aromatic heterocycles. The smallest absolute Gasteiger partial charge is 0.262 e. The van der Waals surface area contributed by atoms with E-state index in [1.807, 2.05) is 31.2 Å². The molecule has 0 saturated heterocycles. The number of hydrogen-bond donors (Lipinski definition) is 0. The van der Waals surface area contributed by atoms with E-state index in [0.29, 0.717) is 33.3 Å². The fraction of sp³-hybridized carbons (Fsp3) is 0.200. The van der Waals surface area contributed by atoms with E-state index in [1.54, 1.807) is 16.7 Å². The quantitative estimate of drug-likeness (QED) is 0.523. The van der Waals surface area contributed by atoms with E-state index in [0.717, 1.165) is 6.42 Å². The van der Waals surface area contributed by atoms with Gasteiger partial charge in [-0.2, -0.15) is 0 Å². The number of aromatic nitrogens is 7. The molecule has 120 valence electrons. The zero-order valence-electron chi connectivity index (χ0n) is 12.8. The van der Waals surface area contributed by atoms with Gasteiger partial charge in [0.2, 0.25) is 0 Å². The lowest BCUT2D eigenvalue weighted by molar-refractivity contribution is 0.584. The van der Waals surface area contributed by atoms with Gasteiger partial charge in [-0.05, 0) is 52.9 Å². The number of para-hydroxylation sites is 1. The molecule has 0 aliphatic rings. The Balaban J connectivity index is 1.84. The summed E-state index contributed by atoms with van der Waals surface area (Å²) in [7, 11) is 0. The summed E-state index contributed by atoms with van der Waals surface area (Å²) in [6, 6.07) is 11.0. The highest BCUT2D eigenvalue weighted by atomic mass is 32.2. The lowest BCUT2D eigenvalue weighted by Crippen LogP contribution is -2.23. The molecule has 0 fully saturated rings. The van der Waals surface area contributed by atoms with Gasteiger partial charge in [-0.3, -0.25) is 9.36 Å². The van der Waals surface area contributed by atoms with Gasteiger partial charge in [0.1, 0.15) is 5.03 Å². The Morgan fingerprint density at radius 2 is 2.04 bits per heavy atom. The van der Waals surface area contributed by atoms with Gasteiger partial charge in [0, 0.05) is 6.54 Å². The summed E-state index contributed by atoms with van der Waals surface area (Å²) in [6.07, 6.45) is 0.840. The normalized spacial score (nSPS) is 11.4. The first-order chi connectivity index (χ1) is 11.8. The van der Waals surface area contributed by atoms with Crippen molar-refractivity contribution in [1.82, 2.24) is 34.8 Å². The van der Waals surface area contributed by atoms with Crippen LogP contribution in [0.5, 0.6) is 0 Å². The minimum Gasteiger partial charge on any atom is -0.287 e. The van der Waals surface area contributed by atoms with Crippen LogP contribution in [0.25, 0.3) is 16.6 Å². The number of tetrazole rings is 1. The van der Waals surface area contributed by atoms with Gasteiger partial charge in [0.15, 0.2) is 10.8 Å². The highest BCUT2D eigenvalue weighted by Gasteiger charge is 2.13. The zero-order chi connectivity index (χ0) is 16.5. The fourth-order valence-corrected chi connectivity index (χ4v) is 3.30. The van der Waals surface area contributed by atoms with Crippen LogP contribution in [-0.4, -0.2) is 34.8 Å². The lowest BCUT2D eigenvalue weighted by atomic mass is 10.2. The highest BCUT2D eigenvalue weighted by Crippen LogP contribution is 2.25. The Morgan fingerprint density at radius 3 is 2.92 bits per heavy atom. The zero-order valence-corrected chi connectivity index (χ0v) is 13.6. The van der Waals surface area contributed by atoms with Crippen molar-refractivity contribution in [1.29, 1.82) is 0 Å². The number of benzene rings is 1. The van der Waals surface area contributed by atoms with E-state index in [-0.39, 0.29) is 5.56 Å². The molecule has 0 amide bonds. The number of fused-ring (bicyclic) bond motifs is 2. The average Bonchev–Trinajstić information content (AvgIpc) is 3.06. The van der Waals surface area contributed by atoms with Crippen LogP contribution in [0.2, 0.25) is 0 Å². The van der Waals surface area contributed by atoms with Crippen LogP contribution >= 0.6 is 11.8 Å². The van der Waals surface area contributed by atoms with E-state index in [2.05, 4.69) is 25.6 Å². The Labute approximate surface area is 140 Å². The number of nitrogens with zero attached hydrogens (tertiary/aromatic N) is 7. The summed E-state index contributed by atoms with van der Waals surface area (Å²) >= 11 is 1.33. The lowest BCUT2D eigenvalue weighted by Gasteiger charge is -2.11. The molecular formula is C15H13N7OS. The summed E-state index contributed by atoms with van der Waals surface area (Å²) in [5, 5.41) is 17.4. The Kier molecular flexibility index (Phi) is 3.69. The molecule has 0 aliphatic heterocycles. The van der Waals surface area contributed by atoms with Gasteiger partial charge in [-0.25, -0.2) is 4.98 Å². The predicted molar refractivity (Wildman–Crippen MR) is 89.0 cm³/mol. The summed E-state index contributed by atoms with van der Waals surface area (Å²) in [5.74, 6) is 0. The largest absolute Gasteiger partial charge is 0.287 e. The molecule has 8 nitrogen and oxygen atoms in total. The van der Waals surface area contributed by atoms with Gasteiger partial charge >= 0.3 is 0 Å². The maximum Gasteiger partial charge on any atom is 0.262 e. The van der Waals surface area contributed by atoms with Crippen LogP contribution in [0, 0.1) is 0 Å². The summed E-state index contributed by atoms with van der Waals surface area (Å²) in [5.41, 5.74) is 1.21. The molecule has 0 N–H and O–H groups in total. The first-order valence-corrected chi connectivity index (χ1v) is 8.31. The van der Waals surface area contributed by atoms with Gasteiger partial charge in [0.25, 0.3) is 5.56 Å². The third kappa shape index (κ3) is 2.52. The van der Waals surface area contributed by atoms with Crippen LogP contribution in [0.4, 0.5) is 0 Å². The van der Waals surface area contributed by atoms with Gasteiger partial charge in [-0.1, -0.05) is 19.1 Å². The van der Waals surface area contributed by atoms with Crippen molar-refractivity contribution >= 4 is 28.3 Å².